The Bertz CT molecular complexity index is 4600. The van der Waals surface area contributed by atoms with Crippen molar-refractivity contribution in [2.45, 2.75) is 57.8 Å². The Kier molecular flexibility index (Phi) is 7.75. The zero-order valence-electron chi connectivity index (χ0n) is 41.3. The van der Waals surface area contributed by atoms with Gasteiger partial charge in [0.15, 0.2) is 0 Å². The fourth-order valence-electron chi connectivity index (χ4n) is 14.4. The lowest BCUT2D eigenvalue weighted by Gasteiger charge is -2.25. The lowest BCUT2D eigenvalue weighted by Crippen LogP contribution is -2.18. The van der Waals surface area contributed by atoms with Gasteiger partial charge in [0.1, 0.15) is 0 Å². The Labute approximate surface area is 423 Å². The van der Waals surface area contributed by atoms with Crippen LogP contribution in [0.3, 0.4) is 0 Å². The van der Waals surface area contributed by atoms with Crippen molar-refractivity contribution in [1.29, 1.82) is 0 Å². The predicted molar refractivity (Wildman–Crippen MR) is 306 cm³/mol. The van der Waals surface area contributed by atoms with Crippen LogP contribution >= 0.6 is 11.3 Å². The van der Waals surface area contributed by atoms with E-state index in [-0.39, 0.29) is 16.2 Å². The number of para-hydroxylation sites is 2. The molecule has 0 saturated heterocycles. The average molecular weight is 939 g/mol. The van der Waals surface area contributed by atoms with Crippen LogP contribution in [0.15, 0.2) is 194 Å². The summed E-state index contributed by atoms with van der Waals surface area (Å²) >= 11 is 1.90. The number of fused-ring (bicyclic) bond motifs is 20. The summed E-state index contributed by atoms with van der Waals surface area (Å²) in [7, 11) is 0. The van der Waals surface area contributed by atoms with E-state index in [1.807, 2.05) is 11.3 Å². The molecule has 0 atom stereocenters. The molecule has 0 saturated carbocycles. The smallest absolute Gasteiger partial charge is 0.0640 e. The molecule has 342 valence electrons. The summed E-state index contributed by atoms with van der Waals surface area (Å²) in [6.45, 7) is 14.5. The van der Waals surface area contributed by atoms with Gasteiger partial charge in [-0.1, -0.05) is 181 Å². The van der Waals surface area contributed by atoms with Gasteiger partial charge in [0, 0.05) is 53.3 Å². The van der Waals surface area contributed by atoms with Gasteiger partial charge in [-0.3, -0.25) is 0 Å². The van der Waals surface area contributed by atoms with Crippen LogP contribution in [-0.4, -0.2) is 9.13 Å². The van der Waals surface area contributed by atoms with E-state index in [9.17, 15) is 0 Å². The quantitative estimate of drug-likeness (QED) is 0.167. The van der Waals surface area contributed by atoms with Gasteiger partial charge in [0.2, 0.25) is 0 Å². The molecule has 0 aliphatic heterocycles. The topological polar surface area (TPSA) is 9.86 Å². The molecule has 0 amide bonds. The molecule has 0 unspecified atom stereocenters. The zero-order valence-corrected chi connectivity index (χ0v) is 42.1. The lowest BCUT2D eigenvalue weighted by molar-refractivity contribution is 0.656. The van der Waals surface area contributed by atoms with Gasteiger partial charge in [-0.2, -0.15) is 0 Å². The van der Waals surface area contributed by atoms with Crippen LogP contribution in [0.4, 0.5) is 0 Å². The summed E-state index contributed by atoms with van der Waals surface area (Å²) in [5.74, 6) is 0. The monoisotopic (exact) mass is 938 g/mol. The highest BCUT2D eigenvalue weighted by Gasteiger charge is 2.42. The van der Waals surface area contributed by atoms with Crippen molar-refractivity contribution in [2.24, 2.45) is 0 Å². The predicted octanol–water partition coefficient (Wildman–Crippen LogP) is 18.8. The average Bonchev–Trinajstić information content (AvgIpc) is 4.20. The Morgan fingerprint density at radius 3 is 1.51 bits per heavy atom. The number of hydrogen-bond acceptors (Lipinski definition) is 1. The van der Waals surface area contributed by atoms with Gasteiger partial charge in [0.25, 0.3) is 0 Å². The Hall–Kier alpha value is -7.98. The van der Waals surface area contributed by atoms with Crippen molar-refractivity contribution in [1.82, 2.24) is 9.13 Å². The van der Waals surface area contributed by atoms with Crippen molar-refractivity contribution in [3.63, 3.8) is 0 Å². The van der Waals surface area contributed by atoms with Crippen molar-refractivity contribution in [2.75, 3.05) is 0 Å². The lowest BCUT2D eigenvalue weighted by atomic mass is 9.81. The summed E-state index contributed by atoms with van der Waals surface area (Å²) in [4.78, 5) is 0. The van der Waals surface area contributed by atoms with E-state index < -0.39 is 0 Å². The molecule has 0 spiro atoms. The summed E-state index contributed by atoms with van der Waals surface area (Å²) in [5.41, 5.74) is 26.0. The fourth-order valence-corrected chi connectivity index (χ4v) is 15.6. The third kappa shape index (κ3) is 4.95. The first-order valence-corrected chi connectivity index (χ1v) is 26.4. The molecule has 16 rings (SSSR count). The zero-order chi connectivity index (χ0) is 48.2. The molecule has 72 heavy (non-hydrogen) atoms. The van der Waals surface area contributed by atoms with E-state index in [0.717, 1.165) is 0 Å². The van der Waals surface area contributed by atoms with Crippen molar-refractivity contribution in [3.05, 3.63) is 228 Å². The molecule has 3 aliphatic carbocycles. The minimum absolute atomic E-state index is 0.0697. The molecule has 3 heterocycles. The van der Waals surface area contributed by atoms with E-state index in [0.29, 0.717) is 0 Å². The van der Waals surface area contributed by atoms with E-state index in [1.54, 1.807) is 0 Å². The number of aromatic nitrogens is 2. The number of hydrogen-bond donors (Lipinski definition) is 0. The highest BCUT2D eigenvalue weighted by molar-refractivity contribution is 7.26. The second-order valence-corrected chi connectivity index (χ2v) is 23.4. The van der Waals surface area contributed by atoms with Gasteiger partial charge in [0.05, 0.1) is 38.1 Å². The largest absolute Gasteiger partial charge is 0.309 e. The Morgan fingerprint density at radius 2 is 0.819 bits per heavy atom. The second kappa shape index (κ2) is 13.7. The molecule has 3 aliphatic rings. The van der Waals surface area contributed by atoms with Gasteiger partial charge >= 0.3 is 0 Å². The maximum absolute atomic E-state index is 2.58. The highest BCUT2D eigenvalue weighted by atomic mass is 32.1. The minimum atomic E-state index is -0.232. The molecule has 3 heteroatoms. The van der Waals surface area contributed by atoms with Crippen molar-refractivity contribution in [3.8, 4) is 55.9 Å². The van der Waals surface area contributed by atoms with Crippen LogP contribution in [0, 0.1) is 0 Å². The van der Waals surface area contributed by atoms with E-state index in [4.69, 9.17) is 0 Å². The first kappa shape index (κ1) is 40.7. The molecule has 3 aromatic heterocycles. The van der Waals surface area contributed by atoms with Gasteiger partial charge in [-0.25, -0.2) is 0 Å². The number of thiophene rings is 1. The third-order valence-electron chi connectivity index (χ3n) is 17.7. The first-order chi connectivity index (χ1) is 35.0. The van der Waals surface area contributed by atoms with Crippen molar-refractivity contribution < 1.29 is 0 Å². The number of benzene rings is 10. The first-order valence-electron chi connectivity index (χ1n) is 25.6. The fraction of sp³-hybridized carbons (Fsp3) is 0.130. The van der Waals surface area contributed by atoms with E-state index in [2.05, 4.69) is 245 Å². The van der Waals surface area contributed by atoms with Crippen LogP contribution < -0.4 is 0 Å². The number of nitrogens with zero attached hydrogens (tertiary/aromatic N) is 2. The molecule has 13 aromatic rings. The van der Waals surface area contributed by atoms with Crippen LogP contribution in [0.2, 0.25) is 0 Å². The molecule has 0 radical (unpaired) electrons. The maximum Gasteiger partial charge on any atom is 0.0640 e. The molecule has 0 N–H and O–H groups in total. The third-order valence-corrected chi connectivity index (χ3v) is 18.9. The Morgan fingerprint density at radius 1 is 0.333 bits per heavy atom. The highest BCUT2D eigenvalue weighted by Crippen LogP contribution is 2.58. The van der Waals surface area contributed by atoms with Gasteiger partial charge in [-0.05, 0) is 132 Å². The van der Waals surface area contributed by atoms with Crippen LogP contribution in [0.1, 0.15) is 74.9 Å². The molecule has 0 fully saturated rings. The normalized spacial score (nSPS) is 15.4. The molecule has 10 aromatic carbocycles. The molecule has 0 bridgehead atoms. The number of rotatable bonds is 3. The minimum Gasteiger partial charge on any atom is -0.309 e. The summed E-state index contributed by atoms with van der Waals surface area (Å²) in [5, 5.41) is 7.94. The summed E-state index contributed by atoms with van der Waals surface area (Å²) in [6.07, 6.45) is 0. The molecule has 2 nitrogen and oxygen atoms in total. The second-order valence-electron chi connectivity index (χ2n) is 22.4. The van der Waals surface area contributed by atoms with Crippen LogP contribution in [0.25, 0.3) is 120 Å². The summed E-state index contributed by atoms with van der Waals surface area (Å²) < 4.78 is 7.77. The van der Waals surface area contributed by atoms with Gasteiger partial charge < -0.3 is 9.13 Å². The maximum atomic E-state index is 2.58. The SMILES string of the molecule is CC1(C)c2ccccc2-c2c1ccc1c2c2ccccc2n1-c1cccc2c1C(C)(C)c1ccc(-c3ccc4c(c3)-c3c(ccc5c3c3ccccc3n5-c3cccc5c3sc3ccccc35)C4(C)C)cc1-2. The van der Waals surface area contributed by atoms with Crippen LogP contribution in [0.5, 0.6) is 0 Å². The van der Waals surface area contributed by atoms with Crippen molar-refractivity contribution >= 4 is 75.1 Å². The molecular formula is C69H50N2S. The summed E-state index contributed by atoms with van der Waals surface area (Å²) in [6, 6.07) is 74.2. The molecular weight excluding hydrogens is 889 g/mol. The van der Waals surface area contributed by atoms with Crippen LogP contribution in [-0.2, 0) is 16.2 Å². The standard InChI is InChI=1S/C69H50N2S/c1-67(2)49-23-11-7-18-44(49)61-52(67)33-35-56-63(61)45-19-8-12-24-54(45)70(56)58-26-15-21-42-47-37-39(29-31-50(47)69(5,6)65(42)58)40-30-32-51-48(38-40)62-53(68(51,3)4)34-36-57-64(62)46-20-9-13-25-55(46)71(57)59-27-16-22-43-41-17-10-14-28-60(41)72-66(43)59/h7-38H,1-6H3. The van der Waals surface area contributed by atoms with E-state index in [1.165, 1.54) is 153 Å². The Balaban J connectivity index is 0.872. The van der Waals surface area contributed by atoms with Gasteiger partial charge in [-0.15, -0.1) is 11.3 Å². The van der Waals surface area contributed by atoms with E-state index >= 15 is 0 Å².